The van der Waals surface area contributed by atoms with Crippen molar-refractivity contribution in [2.45, 2.75) is 10.9 Å². The van der Waals surface area contributed by atoms with Crippen LogP contribution in [0.4, 0.5) is 0 Å². The van der Waals surface area contributed by atoms with E-state index in [0.717, 1.165) is 5.56 Å². The molecule has 0 aliphatic carbocycles. The van der Waals surface area contributed by atoms with Crippen molar-refractivity contribution in [3.05, 3.63) is 64.2 Å². The zero-order valence-electron chi connectivity index (χ0n) is 10.7. The third kappa shape index (κ3) is 2.42. The van der Waals surface area contributed by atoms with Gasteiger partial charge in [0.1, 0.15) is 4.90 Å². The molecule has 1 aliphatic rings. The summed E-state index contributed by atoms with van der Waals surface area (Å²) in [5.74, 6) is -0.192. The van der Waals surface area contributed by atoms with Crippen LogP contribution >= 0.6 is 11.6 Å². The van der Waals surface area contributed by atoms with Gasteiger partial charge in [-0.2, -0.15) is 0 Å². The van der Waals surface area contributed by atoms with Gasteiger partial charge < -0.3 is 5.32 Å². The van der Waals surface area contributed by atoms with Crippen molar-refractivity contribution >= 4 is 27.5 Å². The average Bonchev–Trinajstić information content (AvgIpc) is 2.76. The van der Waals surface area contributed by atoms with E-state index in [1.165, 1.54) is 12.1 Å². The summed E-state index contributed by atoms with van der Waals surface area (Å²) in [5, 5.41) is 8.02. The van der Waals surface area contributed by atoms with Gasteiger partial charge in [0.25, 0.3) is 5.91 Å². The number of hydrogen-bond donors (Lipinski definition) is 2. The van der Waals surface area contributed by atoms with E-state index in [9.17, 15) is 13.2 Å². The minimum Gasteiger partial charge on any atom is -0.341 e. The van der Waals surface area contributed by atoms with Crippen molar-refractivity contribution in [1.29, 1.82) is 0 Å². The molecule has 0 radical (unpaired) electrons. The highest BCUT2D eigenvalue weighted by Crippen LogP contribution is 2.33. The SMILES string of the molecule is NS(=O)(=O)c1cc(C2NC(=O)c3ccccc32)ccc1Cl. The van der Waals surface area contributed by atoms with Gasteiger partial charge in [0, 0.05) is 5.56 Å². The molecule has 21 heavy (non-hydrogen) atoms. The van der Waals surface area contributed by atoms with Crippen LogP contribution in [0, 0.1) is 0 Å². The van der Waals surface area contributed by atoms with Crippen molar-refractivity contribution < 1.29 is 13.2 Å². The lowest BCUT2D eigenvalue weighted by Crippen LogP contribution is -2.20. The van der Waals surface area contributed by atoms with E-state index in [4.69, 9.17) is 16.7 Å². The molecule has 1 amide bonds. The summed E-state index contributed by atoms with van der Waals surface area (Å²) in [6.45, 7) is 0. The number of primary sulfonamides is 1. The number of halogens is 1. The Kier molecular flexibility index (Phi) is 3.24. The third-order valence-electron chi connectivity index (χ3n) is 3.39. The molecule has 1 heterocycles. The molecule has 5 nitrogen and oxygen atoms in total. The molecule has 0 spiro atoms. The van der Waals surface area contributed by atoms with Crippen LogP contribution in [-0.2, 0) is 10.0 Å². The van der Waals surface area contributed by atoms with Crippen LogP contribution in [0.25, 0.3) is 0 Å². The molecule has 0 fully saturated rings. The summed E-state index contributed by atoms with van der Waals surface area (Å²) in [7, 11) is -3.92. The number of amides is 1. The fraction of sp³-hybridized carbons (Fsp3) is 0.0714. The second-order valence-electron chi connectivity index (χ2n) is 4.73. The topological polar surface area (TPSA) is 89.3 Å². The maximum absolute atomic E-state index is 11.9. The van der Waals surface area contributed by atoms with Gasteiger partial charge in [-0.1, -0.05) is 35.9 Å². The number of nitrogens with two attached hydrogens (primary N) is 1. The Morgan fingerprint density at radius 2 is 1.86 bits per heavy atom. The van der Waals surface area contributed by atoms with Crippen LogP contribution in [0.15, 0.2) is 47.4 Å². The Bertz CT molecular complexity index is 849. The molecule has 0 saturated heterocycles. The first-order valence-corrected chi connectivity index (χ1v) is 8.02. The number of carbonyl (C=O) groups excluding carboxylic acids is 1. The normalized spacial score (nSPS) is 17.4. The van der Waals surface area contributed by atoms with Crippen LogP contribution in [0.1, 0.15) is 27.5 Å². The molecule has 2 aromatic carbocycles. The van der Waals surface area contributed by atoms with Gasteiger partial charge in [0.2, 0.25) is 10.0 Å². The van der Waals surface area contributed by atoms with Crippen molar-refractivity contribution in [1.82, 2.24) is 5.32 Å². The molecule has 108 valence electrons. The van der Waals surface area contributed by atoms with Crippen molar-refractivity contribution in [3.8, 4) is 0 Å². The Morgan fingerprint density at radius 3 is 2.57 bits per heavy atom. The number of rotatable bonds is 2. The monoisotopic (exact) mass is 322 g/mol. The van der Waals surface area contributed by atoms with Gasteiger partial charge in [-0.05, 0) is 29.3 Å². The molecule has 0 bridgehead atoms. The first-order valence-electron chi connectivity index (χ1n) is 6.10. The van der Waals surface area contributed by atoms with E-state index in [1.807, 2.05) is 12.1 Å². The number of fused-ring (bicyclic) bond motifs is 1. The van der Waals surface area contributed by atoms with Gasteiger partial charge in [0.15, 0.2) is 0 Å². The maximum atomic E-state index is 11.9. The number of carbonyl (C=O) groups is 1. The highest BCUT2D eigenvalue weighted by atomic mass is 35.5. The number of hydrogen-bond acceptors (Lipinski definition) is 3. The van der Waals surface area contributed by atoms with Crippen LogP contribution in [-0.4, -0.2) is 14.3 Å². The fourth-order valence-corrected chi connectivity index (χ4v) is 3.50. The zero-order chi connectivity index (χ0) is 15.2. The molecule has 0 aromatic heterocycles. The van der Waals surface area contributed by atoms with E-state index in [0.29, 0.717) is 11.1 Å². The molecule has 7 heteroatoms. The summed E-state index contributed by atoms with van der Waals surface area (Å²) in [4.78, 5) is 11.8. The lowest BCUT2D eigenvalue weighted by molar-refractivity contribution is 0.0960. The number of sulfonamides is 1. The molecule has 0 saturated carbocycles. The van der Waals surface area contributed by atoms with E-state index in [1.54, 1.807) is 18.2 Å². The second-order valence-corrected chi connectivity index (χ2v) is 6.67. The van der Waals surface area contributed by atoms with E-state index in [2.05, 4.69) is 5.32 Å². The van der Waals surface area contributed by atoms with Crippen LogP contribution in [0.3, 0.4) is 0 Å². The first kappa shape index (κ1) is 14.1. The molecule has 1 unspecified atom stereocenters. The smallest absolute Gasteiger partial charge is 0.252 e. The van der Waals surface area contributed by atoms with Crippen molar-refractivity contribution in [2.24, 2.45) is 5.14 Å². The third-order valence-corrected chi connectivity index (χ3v) is 4.78. The van der Waals surface area contributed by atoms with Gasteiger partial charge in [-0.25, -0.2) is 13.6 Å². The highest BCUT2D eigenvalue weighted by molar-refractivity contribution is 7.89. The van der Waals surface area contributed by atoms with E-state index in [-0.39, 0.29) is 15.8 Å². The van der Waals surface area contributed by atoms with Gasteiger partial charge in [-0.3, -0.25) is 4.79 Å². The predicted octanol–water partition coefficient (Wildman–Crippen LogP) is 1.82. The number of benzene rings is 2. The lowest BCUT2D eigenvalue weighted by atomic mass is 9.99. The summed E-state index contributed by atoms with van der Waals surface area (Å²) >= 11 is 5.87. The van der Waals surface area contributed by atoms with E-state index < -0.39 is 16.1 Å². The van der Waals surface area contributed by atoms with Crippen LogP contribution in [0.2, 0.25) is 5.02 Å². The summed E-state index contributed by atoms with van der Waals surface area (Å²) in [6, 6.07) is 11.3. The van der Waals surface area contributed by atoms with Gasteiger partial charge in [0.05, 0.1) is 11.1 Å². The van der Waals surface area contributed by atoms with Crippen molar-refractivity contribution in [2.75, 3.05) is 0 Å². The average molecular weight is 323 g/mol. The maximum Gasteiger partial charge on any atom is 0.252 e. The van der Waals surface area contributed by atoms with E-state index >= 15 is 0 Å². The van der Waals surface area contributed by atoms with Crippen molar-refractivity contribution in [3.63, 3.8) is 0 Å². The molecule has 2 aromatic rings. The minimum atomic E-state index is -3.92. The predicted molar refractivity (Wildman–Crippen MR) is 78.6 cm³/mol. The van der Waals surface area contributed by atoms with Crippen LogP contribution in [0.5, 0.6) is 0 Å². The fourth-order valence-electron chi connectivity index (χ4n) is 2.42. The zero-order valence-corrected chi connectivity index (χ0v) is 12.3. The molecule has 1 aliphatic heterocycles. The first-order chi connectivity index (χ1) is 9.88. The summed E-state index contributed by atoms with van der Waals surface area (Å²) < 4.78 is 23.1. The summed E-state index contributed by atoms with van der Waals surface area (Å²) in [6.07, 6.45) is 0. The molecule has 3 rings (SSSR count). The molecular formula is C14H11ClN2O3S. The molecule has 3 N–H and O–H groups in total. The van der Waals surface area contributed by atoms with Gasteiger partial charge >= 0.3 is 0 Å². The Hall–Kier alpha value is -1.89. The Balaban J connectivity index is 2.14. The quantitative estimate of drug-likeness (QED) is 0.883. The minimum absolute atomic E-state index is 0.0545. The lowest BCUT2D eigenvalue weighted by Gasteiger charge is -2.14. The van der Waals surface area contributed by atoms with Gasteiger partial charge in [-0.15, -0.1) is 0 Å². The molecule has 1 atom stereocenters. The molecular weight excluding hydrogens is 312 g/mol. The number of nitrogens with one attached hydrogen (secondary N) is 1. The Labute approximate surface area is 126 Å². The largest absolute Gasteiger partial charge is 0.341 e. The Morgan fingerprint density at radius 1 is 1.14 bits per heavy atom. The second kappa shape index (κ2) is 4.84. The highest BCUT2D eigenvalue weighted by Gasteiger charge is 2.30. The standard InChI is InChI=1S/C14H11ClN2O3S/c15-11-6-5-8(7-12(11)21(16,19)20)13-9-3-1-2-4-10(9)14(18)17-13/h1-7,13H,(H,17,18)(H2,16,19,20). The van der Waals surface area contributed by atoms with Crippen LogP contribution < -0.4 is 10.5 Å². The summed E-state index contributed by atoms with van der Waals surface area (Å²) in [5.41, 5.74) is 1.99.